The van der Waals surface area contributed by atoms with E-state index in [4.69, 9.17) is 28.3 Å². The summed E-state index contributed by atoms with van der Waals surface area (Å²) < 4.78 is 26.9. The van der Waals surface area contributed by atoms with E-state index >= 15 is 0 Å². The largest absolute Gasteiger partial charge is 0.477 e. The maximum absolute atomic E-state index is 13.5. The Labute approximate surface area is 151 Å². The highest BCUT2D eigenvalue weighted by molar-refractivity contribution is 7.99. The van der Waals surface area contributed by atoms with E-state index in [1.165, 1.54) is 12.1 Å². The molecule has 2 rings (SSSR count). The molecule has 1 heterocycles. The molecule has 0 atom stereocenters. The van der Waals surface area contributed by atoms with Gasteiger partial charge in [0, 0.05) is 25.1 Å². The van der Waals surface area contributed by atoms with E-state index in [0.717, 1.165) is 17.8 Å². The number of aromatic carboxylic acids is 1. The number of aromatic amines is 1. The molecule has 4 nitrogen and oxygen atoms in total. The van der Waals surface area contributed by atoms with Gasteiger partial charge in [0.15, 0.2) is 0 Å². The Morgan fingerprint density at radius 1 is 1.29 bits per heavy atom. The van der Waals surface area contributed by atoms with Crippen molar-refractivity contribution in [3.63, 3.8) is 0 Å². The predicted octanol–water partition coefficient (Wildman–Crippen LogP) is 3.99. The summed E-state index contributed by atoms with van der Waals surface area (Å²) in [7, 11) is 0. The molecule has 24 heavy (non-hydrogen) atoms. The average molecular weight is 392 g/mol. The molecule has 0 aliphatic heterocycles. The van der Waals surface area contributed by atoms with Gasteiger partial charge in [0.2, 0.25) is 0 Å². The van der Waals surface area contributed by atoms with Crippen molar-refractivity contribution in [2.24, 2.45) is 0 Å². The number of alkyl halides is 2. The first-order chi connectivity index (χ1) is 10.6. The van der Waals surface area contributed by atoms with Gasteiger partial charge in [-0.15, -0.1) is 0 Å². The van der Waals surface area contributed by atoms with Crippen LogP contribution in [0.3, 0.4) is 0 Å². The first-order valence-electron chi connectivity index (χ1n) is 6.12. The Bertz CT molecular complexity index is 819. The van der Waals surface area contributed by atoms with E-state index in [0.29, 0.717) is 6.92 Å². The molecule has 0 spiro atoms. The monoisotopic (exact) mass is 391 g/mol. The summed E-state index contributed by atoms with van der Waals surface area (Å²) in [6.07, 6.45) is 0. The Kier molecular flexibility index (Phi) is 6.49. The van der Waals surface area contributed by atoms with Crippen LogP contribution in [0.4, 0.5) is 8.78 Å². The molecule has 2 N–H and O–H groups in total. The summed E-state index contributed by atoms with van der Waals surface area (Å²) in [5.74, 6) is -4.88. The summed E-state index contributed by atoms with van der Waals surface area (Å²) in [6, 6.07) is 5.52. The fourth-order valence-electron chi connectivity index (χ4n) is 1.75. The smallest absolute Gasteiger partial charge is 0.342 e. The molecule has 0 unspecified atom stereocenters. The van der Waals surface area contributed by atoms with Gasteiger partial charge in [0.1, 0.15) is 5.56 Å². The highest BCUT2D eigenvalue weighted by atomic mass is 35.5. The van der Waals surface area contributed by atoms with Crippen LogP contribution in [-0.4, -0.2) is 24.5 Å². The van der Waals surface area contributed by atoms with Crippen LogP contribution in [0, 0.1) is 0 Å². The summed E-state index contributed by atoms with van der Waals surface area (Å²) in [5, 5.41) is 9.59. The Hall–Kier alpha value is -1.51. The van der Waals surface area contributed by atoms with Crippen LogP contribution in [0.5, 0.6) is 0 Å². The lowest BCUT2D eigenvalue weighted by Gasteiger charge is -2.14. The Balaban J connectivity index is 0.00000288. The average Bonchev–Trinajstić information content (AvgIpc) is 2.41. The van der Waals surface area contributed by atoms with Crippen LogP contribution in [0.25, 0.3) is 0 Å². The fraction of sp³-hybridized carbons (Fsp3) is 0.143. The Morgan fingerprint density at radius 3 is 2.29 bits per heavy atom. The number of carboxylic acid groups (broad SMARTS) is 1. The third kappa shape index (κ3) is 4.31. The lowest BCUT2D eigenvalue weighted by Crippen LogP contribution is -2.24. The van der Waals surface area contributed by atoms with Crippen molar-refractivity contribution >= 4 is 49.3 Å². The molecule has 0 aliphatic carbocycles. The molecule has 0 amide bonds. The third-order valence-corrected chi connectivity index (χ3v) is 4.85. The lowest BCUT2D eigenvalue weighted by molar-refractivity contribution is 0.0121. The number of hydrogen-bond donors (Lipinski definition) is 2. The van der Waals surface area contributed by atoms with Crippen molar-refractivity contribution in [1.82, 2.24) is 4.98 Å². The number of H-pyrrole nitrogens is 1. The van der Waals surface area contributed by atoms with Crippen LogP contribution >= 0.6 is 35.0 Å². The van der Waals surface area contributed by atoms with Gasteiger partial charge in [0.25, 0.3) is 11.5 Å². The summed E-state index contributed by atoms with van der Waals surface area (Å²) in [5.41, 5.74) is -2.47. The zero-order valence-electron chi connectivity index (χ0n) is 12.2. The number of halogens is 4. The van der Waals surface area contributed by atoms with Crippen molar-refractivity contribution in [2.75, 3.05) is 0 Å². The highest BCUT2D eigenvalue weighted by Crippen LogP contribution is 2.40. The number of nitrogens with one attached hydrogen (secondary N) is 1. The highest BCUT2D eigenvalue weighted by Gasteiger charge is 2.29. The lowest BCUT2D eigenvalue weighted by atomic mass is 10.2. The fourth-order valence-corrected chi connectivity index (χ4v) is 3.38. The molecule has 2 radical (unpaired) electrons. The van der Waals surface area contributed by atoms with Crippen molar-refractivity contribution in [1.29, 1.82) is 0 Å². The minimum Gasteiger partial charge on any atom is -0.477 e. The van der Waals surface area contributed by atoms with Crippen molar-refractivity contribution in [3.05, 3.63) is 55.9 Å². The first-order valence-corrected chi connectivity index (χ1v) is 7.69. The third-order valence-electron chi connectivity index (χ3n) is 2.81. The van der Waals surface area contributed by atoms with Gasteiger partial charge in [0.05, 0.1) is 15.7 Å². The molecule has 0 saturated heterocycles. The van der Waals surface area contributed by atoms with Gasteiger partial charge in [-0.25, -0.2) is 13.6 Å². The van der Waals surface area contributed by atoms with E-state index in [-0.39, 0.29) is 28.2 Å². The SMILES string of the molecule is CC(F)(F)c1cc(Sc2c(Cl)cccc2Cl)c(C(=O)O)c(=O)[nH]1.[BH]. The molecular formula is C14H10BCl2F2NO3S. The molecular weight excluding hydrogens is 382 g/mol. The minimum atomic E-state index is -3.34. The topological polar surface area (TPSA) is 70.2 Å². The molecule has 0 saturated carbocycles. The first kappa shape index (κ1) is 20.5. The molecule has 0 aliphatic rings. The van der Waals surface area contributed by atoms with E-state index < -0.39 is 28.7 Å². The minimum absolute atomic E-state index is 0. The van der Waals surface area contributed by atoms with Crippen LogP contribution in [0.2, 0.25) is 10.0 Å². The molecule has 0 bridgehead atoms. The molecule has 10 heteroatoms. The van der Waals surface area contributed by atoms with Gasteiger partial charge in [-0.3, -0.25) is 4.79 Å². The van der Waals surface area contributed by atoms with E-state index in [2.05, 4.69) is 0 Å². The predicted molar refractivity (Wildman–Crippen MR) is 91.3 cm³/mol. The second-order valence-electron chi connectivity index (χ2n) is 4.60. The van der Waals surface area contributed by atoms with Crippen LogP contribution in [0.15, 0.2) is 38.9 Å². The summed E-state index contributed by atoms with van der Waals surface area (Å²) in [4.78, 5) is 25.1. The van der Waals surface area contributed by atoms with Crippen LogP contribution < -0.4 is 5.56 Å². The van der Waals surface area contributed by atoms with Gasteiger partial charge in [-0.1, -0.05) is 41.0 Å². The van der Waals surface area contributed by atoms with Gasteiger partial charge >= 0.3 is 5.97 Å². The number of carboxylic acids is 1. The number of carbonyl (C=O) groups is 1. The Morgan fingerprint density at radius 2 is 1.83 bits per heavy atom. The number of benzene rings is 1. The number of pyridine rings is 1. The summed E-state index contributed by atoms with van der Waals surface area (Å²) >= 11 is 12.7. The normalized spacial score (nSPS) is 11.0. The second-order valence-corrected chi connectivity index (χ2v) is 6.46. The summed E-state index contributed by atoms with van der Waals surface area (Å²) in [6.45, 7) is 0.593. The second kappa shape index (κ2) is 7.59. The molecule has 2 aromatic rings. The zero-order valence-corrected chi connectivity index (χ0v) is 14.5. The maximum atomic E-state index is 13.5. The van der Waals surface area contributed by atoms with Gasteiger partial charge < -0.3 is 10.1 Å². The van der Waals surface area contributed by atoms with E-state index in [1.54, 1.807) is 6.07 Å². The van der Waals surface area contributed by atoms with Crippen LogP contribution in [-0.2, 0) is 5.92 Å². The zero-order chi connectivity index (χ0) is 17.4. The van der Waals surface area contributed by atoms with E-state index in [9.17, 15) is 18.4 Å². The molecule has 1 aromatic carbocycles. The van der Waals surface area contributed by atoms with Crippen LogP contribution in [0.1, 0.15) is 23.0 Å². The molecule has 0 fully saturated rings. The quantitative estimate of drug-likeness (QED) is 0.773. The molecule has 1 aromatic heterocycles. The van der Waals surface area contributed by atoms with Gasteiger partial charge in [-0.05, 0) is 18.2 Å². The number of aromatic nitrogens is 1. The maximum Gasteiger partial charge on any atom is 0.342 e. The van der Waals surface area contributed by atoms with Crippen molar-refractivity contribution in [3.8, 4) is 0 Å². The van der Waals surface area contributed by atoms with Crippen molar-refractivity contribution < 1.29 is 18.7 Å². The molecule has 126 valence electrons. The number of rotatable bonds is 4. The standard InChI is InChI=1S/C14H9Cl2F2NO3S.BH/c1-14(17,18)9-5-8(10(13(21)22)12(20)19-9)23-11-6(15)3-2-4-7(11)16;/h2-5H,1H3,(H,19,20)(H,21,22);1H. The van der Waals surface area contributed by atoms with E-state index in [1.807, 2.05) is 4.98 Å². The van der Waals surface area contributed by atoms with Gasteiger partial charge in [-0.2, -0.15) is 0 Å². The van der Waals surface area contributed by atoms with Crippen molar-refractivity contribution in [2.45, 2.75) is 22.6 Å². The number of hydrogen-bond acceptors (Lipinski definition) is 3.